The number of hydroxylamine groups is 1. The van der Waals surface area contributed by atoms with Gasteiger partial charge in [0.1, 0.15) is 0 Å². The molecule has 2 N–H and O–H groups in total. The number of carbonyl (C=O) groups excluding carboxylic acids is 1. The zero-order valence-corrected chi connectivity index (χ0v) is 10.3. The van der Waals surface area contributed by atoms with Crippen molar-refractivity contribution in [1.82, 2.24) is 5.48 Å². The minimum atomic E-state index is -5.02. The van der Waals surface area contributed by atoms with Crippen molar-refractivity contribution in [3.63, 3.8) is 0 Å². The molecule has 0 saturated heterocycles. The zero-order valence-electron chi connectivity index (χ0n) is 10.3. The van der Waals surface area contributed by atoms with Crippen molar-refractivity contribution in [3.8, 4) is 0 Å². The molecule has 0 heterocycles. The van der Waals surface area contributed by atoms with E-state index in [4.69, 9.17) is 0 Å². The maximum Gasteiger partial charge on any atom is 0.471 e. The molecule has 1 aromatic rings. The number of anilines is 1. The van der Waals surface area contributed by atoms with Crippen LogP contribution in [0.4, 0.5) is 32.0 Å². The van der Waals surface area contributed by atoms with E-state index in [0.29, 0.717) is 5.56 Å². The molecule has 0 spiro atoms. The van der Waals surface area contributed by atoms with Gasteiger partial charge in [0.25, 0.3) is 0 Å². The molecule has 0 bridgehead atoms. The Morgan fingerprint density at radius 3 is 2.38 bits per heavy atom. The fraction of sp³-hybridized carbons (Fsp3) is 0.364. The van der Waals surface area contributed by atoms with E-state index < -0.39 is 24.9 Å². The first-order chi connectivity index (χ1) is 9.58. The Kier molecular flexibility index (Phi) is 5.55. The van der Waals surface area contributed by atoms with E-state index >= 15 is 0 Å². The quantitative estimate of drug-likeness (QED) is 0.499. The van der Waals surface area contributed by atoms with Crippen LogP contribution in [0.3, 0.4) is 0 Å². The molecule has 0 unspecified atom stereocenters. The number of halogens is 6. The van der Waals surface area contributed by atoms with Gasteiger partial charge in [-0.3, -0.25) is 9.63 Å². The van der Waals surface area contributed by atoms with E-state index in [2.05, 4.69) is 4.84 Å². The Morgan fingerprint density at radius 2 is 1.81 bits per heavy atom. The highest BCUT2D eigenvalue weighted by molar-refractivity contribution is 5.94. The summed E-state index contributed by atoms with van der Waals surface area (Å²) in [5.74, 6) is -2.14. The van der Waals surface area contributed by atoms with Crippen molar-refractivity contribution >= 4 is 11.6 Å². The van der Waals surface area contributed by atoms with Gasteiger partial charge in [-0.2, -0.15) is 31.8 Å². The van der Waals surface area contributed by atoms with E-state index in [9.17, 15) is 31.1 Å². The van der Waals surface area contributed by atoms with Gasteiger partial charge in [-0.05, 0) is 17.7 Å². The van der Waals surface area contributed by atoms with Gasteiger partial charge in [-0.1, -0.05) is 12.1 Å². The van der Waals surface area contributed by atoms with Crippen LogP contribution in [0.2, 0.25) is 0 Å². The van der Waals surface area contributed by atoms with E-state index in [0.717, 1.165) is 0 Å². The minimum Gasteiger partial charge on any atom is -0.318 e. The fourth-order valence-corrected chi connectivity index (χ4v) is 1.23. The SMILES string of the molecule is O=C(Nc1cccc(CNOCC(F)(F)F)c1)C(F)(F)F. The highest BCUT2D eigenvalue weighted by Gasteiger charge is 2.38. The summed E-state index contributed by atoms with van der Waals surface area (Å²) < 4.78 is 71.5. The van der Waals surface area contributed by atoms with E-state index in [-0.39, 0.29) is 12.2 Å². The molecule has 0 aliphatic carbocycles. The van der Waals surface area contributed by atoms with Crippen LogP contribution in [0.15, 0.2) is 24.3 Å². The number of hydrogen-bond acceptors (Lipinski definition) is 3. The van der Waals surface area contributed by atoms with Gasteiger partial charge in [0.2, 0.25) is 0 Å². The van der Waals surface area contributed by atoms with Gasteiger partial charge in [0.15, 0.2) is 6.61 Å². The van der Waals surface area contributed by atoms with Crippen LogP contribution in [0, 0.1) is 0 Å². The number of rotatable bonds is 5. The van der Waals surface area contributed by atoms with Gasteiger partial charge < -0.3 is 5.32 Å². The summed E-state index contributed by atoms with van der Waals surface area (Å²) in [5.41, 5.74) is 2.21. The van der Waals surface area contributed by atoms with E-state index in [1.165, 1.54) is 24.3 Å². The molecule has 0 radical (unpaired) electrons. The van der Waals surface area contributed by atoms with Gasteiger partial charge >= 0.3 is 18.3 Å². The third-order valence-electron chi connectivity index (χ3n) is 2.06. The average molecular weight is 316 g/mol. The molecule has 0 aliphatic heterocycles. The van der Waals surface area contributed by atoms with Gasteiger partial charge in [0.05, 0.1) is 0 Å². The summed E-state index contributed by atoms with van der Waals surface area (Å²) in [6.07, 6.45) is -9.51. The fourth-order valence-electron chi connectivity index (χ4n) is 1.23. The average Bonchev–Trinajstić information content (AvgIpc) is 2.33. The molecule has 4 nitrogen and oxygen atoms in total. The van der Waals surface area contributed by atoms with Gasteiger partial charge in [-0.15, -0.1) is 0 Å². The summed E-state index contributed by atoms with van der Waals surface area (Å²) in [5, 5.41) is 1.62. The lowest BCUT2D eigenvalue weighted by atomic mass is 10.2. The first kappa shape index (κ1) is 17.2. The molecule has 21 heavy (non-hydrogen) atoms. The lowest BCUT2D eigenvalue weighted by molar-refractivity contribution is -0.190. The van der Waals surface area contributed by atoms with Crippen molar-refractivity contribution in [2.75, 3.05) is 11.9 Å². The second-order valence-electron chi connectivity index (χ2n) is 3.88. The largest absolute Gasteiger partial charge is 0.471 e. The van der Waals surface area contributed by atoms with E-state index in [1.54, 1.807) is 5.32 Å². The third kappa shape index (κ3) is 6.95. The van der Waals surface area contributed by atoms with Crippen LogP contribution in [0.25, 0.3) is 0 Å². The molecule has 0 fully saturated rings. The van der Waals surface area contributed by atoms with Crippen LogP contribution in [0.1, 0.15) is 5.56 Å². The molecular weight excluding hydrogens is 306 g/mol. The van der Waals surface area contributed by atoms with Gasteiger partial charge in [-0.25, -0.2) is 0 Å². The molecule has 1 aromatic carbocycles. The standard InChI is InChI=1S/C11H10F6N2O2/c12-10(13,14)6-21-18-5-7-2-1-3-8(4-7)19-9(20)11(15,16)17/h1-4,18H,5-6H2,(H,19,20). The number of benzene rings is 1. The van der Waals surface area contributed by atoms with E-state index in [1.807, 2.05) is 5.48 Å². The van der Waals surface area contributed by atoms with Crippen LogP contribution in [-0.2, 0) is 16.2 Å². The number of alkyl halides is 6. The predicted octanol–water partition coefficient (Wildman–Crippen LogP) is 2.77. The molecule has 0 saturated carbocycles. The maximum absolute atomic E-state index is 12.0. The molecule has 10 heteroatoms. The molecule has 0 aromatic heterocycles. The summed E-state index contributed by atoms with van der Waals surface area (Å²) in [6, 6.07) is 5.16. The predicted molar refractivity (Wildman–Crippen MR) is 60.0 cm³/mol. The minimum absolute atomic E-state index is 0.132. The van der Waals surface area contributed by atoms with Gasteiger partial charge in [0, 0.05) is 12.2 Å². The maximum atomic E-state index is 12.0. The Balaban J connectivity index is 2.51. The van der Waals surface area contributed by atoms with Crippen molar-refractivity contribution in [2.24, 2.45) is 0 Å². The van der Waals surface area contributed by atoms with Crippen molar-refractivity contribution in [3.05, 3.63) is 29.8 Å². The van der Waals surface area contributed by atoms with Crippen LogP contribution >= 0.6 is 0 Å². The summed E-state index contributed by atoms with van der Waals surface area (Å²) in [7, 11) is 0. The molecule has 0 atom stereocenters. The number of amides is 1. The lowest BCUT2D eigenvalue weighted by Crippen LogP contribution is -2.30. The molecule has 1 rings (SSSR count). The van der Waals surface area contributed by atoms with Crippen LogP contribution in [0.5, 0.6) is 0 Å². The van der Waals surface area contributed by atoms with Crippen molar-refractivity contribution < 1.29 is 36.0 Å². The zero-order chi connectivity index (χ0) is 16.1. The summed E-state index contributed by atoms with van der Waals surface area (Å²) in [6.45, 7) is -1.68. The van der Waals surface area contributed by atoms with Crippen LogP contribution in [-0.4, -0.2) is 24.9 Å². The van der Waals surface area contributed by atoms with Crippen LogP contribution < -0.4 is 10.8 Å². The Hall–Kier alpha value is -1.81. The van der Waals surface area contributed by atoms with Crippen molar-refractivity contribution in [1.29, 1.82) is 0 Å². The lowest BCUT2D eigenvalue weighted by Gasteiger charge is -2.11. The molecular formula is C11H10F6N2O2. The smallest absolute Gasteiger partial charge is 0.318 e. The second-order valence-corrected chi connectivity index (χ2v) is 3.88. The van der Waals surface area contributed by atoms with Crippen molar-refractivity contribution in [2.45, 2.75) is 18.9 Å². The first-order valence-electron chi connectivity index (χ1n) is 5.46. The number of nitrogens with one attached hydrogen (secondary N) is 2. The molecule has 118 valence electrons. The molecule has 1 amide bonds. The monoisotopic (exact) mass is 316 g/mol. The number of hydrogen-bond donors (Lipinski definition) is 2. The first-order valence-corrected chi connectivity index (χ1v) is 5.46. The Morgan fingerprint density at radius 1 is 1.14 bits per heavy atom. The third-order valence-corrected chi connectivity index (χ3v) is 2.06. The highest BCUT2D eigenvalue weighted by atomic mass is 19.4. The normalized spacial score (nSPS) is 12.3. The highest BCUT2D eigenvalue weighted by Crippen LogP contribution is 2.19. The number of carbonyl (C=O) groups is 1. The second kappa shape index (κ2) is 6.76. The summed E-state index contributed by atoms with van der Waals surface area (Å²) in [4.78, 5) is 14.8. The Labute approximate surface area is 115 Å². The molecule has 0 aliphatic rings. The summed E-state index contributed by atoms with van der Waals surface area (Å²) >= 11 is 0. The topological polar surface area (TPSA) is 50.4 Å². The Bertz CT molecular complexity index is 486.